The van der Waals surface area contributed by atoms with E-state index in [1.54, 1.807) is 29.6 Å². The molecule has 2 heterocycles. The molecular weight excluding hydrogens is 446 g/mol. The van der Waals surface area contributed by atoms with E-state index in [0.29, 0.717) is 39.5 Å². The third kappa shape index (κ3) is 5.58. The number of halogens is 1. The number of rotatable bonds is 8. The fraction of sp³-hybridized carbons (Fsp3) is 0.316. The monoisotopic (exact) mass is 463 g/mol. The molecule has 0 radical (unpaired) electrons. The average molecular weight is 464 g/mol. The van der Waals surface area contributed by atoms with Gasteiger partial charge in [-0.05, 0) is 18.6 Å². The Kier molecular flexibility index (Phi) is 7.81. The number of amidine groups is 1. The van der Waals surface area contributed by atoms with Gasteiger partial charge in [-0.1, -0.05) is 35.5 Å². The van der Waals surface area contributed by atoms with E-state index in [4.69, 9.17) is 22.0 Å². The van der Waals surface area contributed by atoms with Crippen molar-refractivity contribution in [3.63, 3.8) is 0 Å². The Morgan fingerprint density at radius 1 is 1.43 bits per heavy atom. The standard InChI is InChI=1S/C19H18ClN5O3S2/c20-13-4-1-2-5-14(13)24-19-25(10-17-23-12(9-21)11-29-17)18(28)15(30-19)8-16(27)22-6-3-7-26/h1-2,4-5,11,15,26H,3,6-8,10H2,(H,22,27). The molecule has 1 saturated heterocycles. The number of hydrogen-bond acceptors (Lipinski definition) is 8. The van der Waals surface area contributed by atoms with E-state index < -0.39 is 5.25 Å². The van der Waals surface area contributed by atoms with Crippen LogP contribution in [0.5, 0.6) is 0 Å². The molecule has 0 aliphatic carbocycles. The third-order valence-electron chi connectivity index (χ3n) is 4.08. The number of amides is 2. The summed E-state index contributed by atoms with van der Waals surface area (Å²) in [5, 5.41) is 23.0. The zero-order valence-electron chi connectivity index (χ0n) is 15.7. The first kappa shape index (κ1) is 22.2. The molecule has 30 heavy (non-hydrogen) atoms. The first-order chi connectivity index (χ1) is 14.5. The molecule has 8 nitrogen and oxygen atoms in total. The van der Waals surface area contributed by atoms with E-state index in [2.05, 4.69) is 15.3 Å². The second-order valence-electron chi connectivity index (χ2n) is 6.25. The van der Waals surface area contributed by atoms with Gasteiger partial charge in [0.15, 0.2) is 10.9 Å². The highest BCUT2D eigenvalue weighted by Gasteiger charge is 2.39. The number of aliphatic hydroxyl groups excluding tert-OH is 1. The van der Waals surface area contributed by atoms with Crippen molar-refractivity contribution in [1.29, 1.82) is 5.26 Å². The van der Waals surface area contributed by atoms with E-state index in [-0.39, 0.29) is 31.4 Å². The number of nitrogens with one attached hydrogen (secondary N) is 1. The zero-order chi connectivity index (χ0) is 21.5. The van der Waals surface area contributed by atoms with Gasteiger partial charge in [-0.2, -0.15) is 5.26 Å². The lowest BCUT2D eigenvalue weighted by Crippen LogP contribution is -2.34. The number of aliphatic hydroxyl groups is 1. The highest BCUT2D eigenvalue weighted by atomic mass is 35.5. The highest BCUT2D eigenvalue weighted by Crippen LogP contribution is 2.34. The Hall–Kier alpha value is -2.45. The maximum atomic E-state index is 13.0. The number of thiazole rings is 1. The van der Waals surface area contributed by atoms with Crippen molar-refractivity contribution in [2.24, 2.45) is 4.99 Å². The van der Waals surface area contributed by atoms with Crippen LogP contribution in [0.25, 0.3) is 0 Å². The van der Waals surface area contributed by atoms with Crippen LogP contribution in [0.3, 0.4) is 0 Å². The number of hydrogen-bond donors (Lipinski definition) is 2. The van der Waals surface area contributed by atoms with Crippen LogP contribution in [0.15, 0.2) is 34.6 Å². The Bertz CT molecular complexity index is 1000. The van der Waals surface area contributed by atoms with Crippen molar-refractivity contribution in [2.45, 2.75) is 24.6 Å². The number of nitriles is 1. The molecule has 1 aliphatic rings. The number of carbonyl (C=O) groups excluding carboxylic acids is 2. The number of nitrogens with zero attached hydrogens (tertiary/aromatic N) is 4. The first-order valence-corrected chi connectivity index (χ1v) is 11.2. The van der Waals surface area contributed by atoms with Gasteiger partial charge in [-0.3, -0.25) is 14.5 Å². The fourth-order valence-electron chi connectivity index (χ4n) is 2.63. The minimum absolute atomic E-state index is 0.00567. The number of aromatic nitrogens is 1. The molecule has 0 saturated carbocycles. The van der Waals surface area contributed by atoms with E-state index in [0.717, 1.165) is 0 Å². The summed E-state index contributed by atoms with van der Waals surface area (Å²) in [5.41, 5.74) is 0.808. The van der Waals surface area contributed by atoms with Gasteiger partial charge in [-0.25, -0.2) is 9.98 Å². The van der Waals surface area contributed by atoms with Crippen LogP contribution in [0.4, 0.5) is 5.69 Å². The molecular formula is C19H18ClN5O3S2. The lowest BCUT2D eigenvalue weighted by molar-refractivity contribution is -0.129. The molecule has 2 aromatic rings. The summed E-state index contributed by atoms with van der Waals surface area (Å²) in [5.74, 6) is -0.522. The second kappa shape index (κ2) is 10.5. The van der Waals surface area contributed by atoms with E-state index in [1.165, 1.54) is 28.0 Å². The highest BCUT2D eigenvalue weighted by molar-refractivity contribution is 8.15. The van der Waals surface area contributed by atoms with E-state index in [9.17, 15) is 9.59 Å². The number of carbonyl (C=O) groups is 2. The van der Waals surface area contributed by atoms with Gasteiger partial charge in [0.2, 0.25) is 11.8 Å². The van der Waals surface area contributed by atoms with Crippen LogP contribution in [-0.2, 0) is 16.1 Å². The number of para-hydroxylation sites is 1. The van der Waals surface area contributed by atoms with Gasteiger partial charge in [-0.15, -0.1) is 11.3 Å². The first-order valence-electron chi connectivity index (χ1n) is 9.05. The molecule has 11 heteroatoms. The SMILES string of the molecule is N#Cc1csc(CN2C(=O)C(CC(=O)NCCCO)SC2=Nc2ccccc2Cl)n1. The van der Waals surface area contributed by atoms with Crippen molar-refractivity contribution in [1.82, 2.24) is 15.2 Å². The maximum Gasteiger partial charge on any atom is 0.243 e. The minimum Gasteiger partial charge on any atom is -0.396 e. The zero-order valence-corrected chi connectivity index (χ0v) is 18.1. The number of aliphatic imine (C=N–C) groups is 1. The summed E-state index contributed by atoms with van der Waals surface area (Å²) in [4.78, 5) is 35.4. The third-order valence-corrected chi connectivity index (χ3v) is 6.40. The van der Waals surface area contributed by atoms with Crippen LogP contribution < -0.4 is 5.32 Å². The topological polar surface area (TPSA) is 119 Å². The molecule has 1 unspecified atom stereocenters. The molecule has 1 aromatic carbocycles. The molecule has 3 rings (SSSR count). The summed E-state index contributed by atoms with van der Waals surface area (Å²) in [7, 11) is 0. The molecule has 0 bridgehead atoms. The Labute approximate surface area is 186 Å². The minimum atomic E-state index is -0.629. The van der Waals surface area contributed by atoms with Crippen molar-refractivity contribution in [3.05, 3.63) is 45.4 Å². The lowest BCUT2D eigenvalue weighted by Gasteiger charge is -2.15. The molecule has 1 fully saturated rings. The maximum absolute atomic E-state index is 13.0. The molecule has 1 atom stereocenters. The number of thioether (sulfide) groups is 1. The largest absolute Gasteiger partial charge is 0.396 e. The number of benzene rings is 1. The van der Waals surface area contributed by atoms with Gasteiger partial charge >= 0.3 is 0 Å². The van der Waals surface area contributed by atoms with E-state index >= 15 is 0 Å². The predicted octanol–water partition coefficient (Wildman–Crippen LogP) is 2.69. The Morgan fingerprint density at radius 2 is 2.23 bits per heavy atom. The van der Waals surface area contributed by atoms with Crippen LogP contribution in [-0.4, -0.2) is 50.4 Å². The Morgan fingerprint density at radius 3 is 2.93 bits per heavy atom. The quantitative estimate of drug-likeness (QED) is 0.581. The summed E-state index contributed by atoms with van der Waals surface area (Å²) in [6.45, 7) is 0.490. The molecule has 2 N–H and O–H groups in total. The van der Waals surface area contributed by atoms with Crippen LogP contribution in [0, 0.1) is 11.3 Å². The molecule has 2 amide bonds. The van der Waals surface area contributed by atoms with Crippen molar-refractivity contribution in [3.8, 4) is 6.07 Å². The lowest BCUT2D eigenvalue weighted by atomic mass is 10.2. The van der Waals surface area contributed by atoms with Gasteiger partial charge in [0, 0.05) is 25.0 Å². The molecule has 156 valence electrons. The van der Waals surface area contributed by atoms with Crippen molar-refractivity contribution >= 4 is 57.4 Å². The van der Waals surface area contributed by atoms with Gasteiger partial charge in [0.1, 0.15) is 16.3 Å². The Balaban J connectivity index is 1.82. The summed E-state index contributed by atoms with van der Waals surface area (Å²) in [6, 6.07) is 9.00. The van der Waals surface area contributed by atoms with Gasteiger partial charge < -0.3 is 10.4 Å². The van der Waals surface area contributed by atoms with Crippen LogP contribution in [0.2, 0.25) is 5.02 Å². The molecule has 0 spiro atoms. The summed E-state index contributed by atoms with van der Waals surface area (Å²) >= 11 is 8.69. The fourth-order valence-corrected chi connectivity index (χ4v) is 4.67. The summed E-state index contributed by atoms with van der Waals surface area (Å²) < 4.78 is 0. The van der Waals surface area contributed by atoms with Crippen LogP contribution >= 0.6 is 34.7 Å². The van der Waals surface area contributed by atoms with E-state index in [1.807, 2.05) is 6.07 Å². The second-order valence-corrected chi connectivity index (χ2v) is 8.77. The smallest absolute Gasteiger partial charge is 0.243 e. The van der Waals surface area contributed by atoms with Crippen molar-refractivity contribution < 1.29 is 14.7 Å². The van der Waals surface area contributed by atoms with Crippen LogP contribution in [0.1, 0.15) is 23.5 Å². The average Bonchev–Trinajstić information content (AvgIpc) is 3.30. The summed E-state index contributed by atoms with van der Waals surface area (Å²) in [6.07, 6.45) is 0.447. The molecule has 1 aromatic heterocycles. The van der Waals surface area contributed by atoms with Crippen molar-refractivity contribution in [2.75, 3.05) is 13.2 Å². The predicted molar refractivity (Wildman–Crippen MR) is 117 cm³/mol. The normalized spacial score (nSPS) is 17.4. The molecule has 1 aliphatic heterocycles. The van der Waals surface area contributed by atoms with Gasteiger partial charge in [0.05, 0.1) is 17.3 Å². The van der Waals surface area contributed by atoms with Gasteiger partial charge in [0.25, 0.3) is 0 Å².